The van der Waals surface area contributed by atoms with Crippen molar-refractivity contribution in [3.05, 3.63) is 115 Å². The first-order valence-electron chi connectivity index (χ1n) is 9.83. The Hall–Kier alpha value is -3.43. The Bertz CT molecular complexity index is 1320. The van der Waals surface area contributed by atoms with Crippen molar-refractivity contribution < 1.29 is 21.1 Å². The van der Waals surface area contributed by atoms with Gasteiger partial charge >= 0.3 is 21.1 Å². The van der Waals surface area contributed by atoms with Gasteiger partial charge in [0.2, 0.25) is 0 Å². The Balaban J connectivity index is 0.00000204. The summed E-state index contributed by atoms with van der Waals surface area (Å²) in [4.78, 5) is 2.13. The van der Waals surface area contributed by atoms with Crippen LogP contribution in [0, 0.1) is 12.1 Å². The summed E-state index contributed by atoms with van der Waals surface area (Å²) in [6, 6.07) is 32.6. The van der Waals surface area contributed by atoms with Crippen molar-refractivity contribution in [3.8, 4) is 11.4 Å². The summed E-state index contributed by atoms with van der Waals surface area (Å²) < 4.78 is 3.74. The molecule has 5 nitrogen and oxygen atoms in total. The predicted molar refractivity (Wildman–Crippen MR) is 116 cm³/mol. The quantitative estimate of drug-likeness (QED) is 0.275. The molecule has 1 aliphatic rings. The number of rotatable bonds is 3. The molecule has 0 radical (unpaired) electrons. The van der Waals surface area contributed by atoms with Crippen molar-refractivity contribution in [3.63, 3.8) is 0 Å². The minimum absolute atomic E-state index is 0. The van der Waals surface area contributed by atoms with Crippen LogP contribution in [-0.4, -0.2) is 19.6 Å². The molecule has 0 atom stereocenters. The zero-order chi connectivity index (χ0) is 19.9. The number of para-hydroxylation sites is 3. The van der Waals surface area contributed by atoms with Gasteiger partial charge in [0.05, 0.1) is 5.69 Å². The summed E-state index contributed by atoms with van der Waals surface area (Å²) in [5.41, 5.74) is 5.34. The number of benzene rings is 3. The first kappa shape index (κ1) is 19.5. The van der Waals surface area contributed by atoms with E-state index < -0.39 is 0 Å². The van der Waals surface area contributed by atoms with Crippen molar-refractivity contribution >= 4 is 17.3 Å². The molecule has 0 spiro atoms. The van der Waals surface area contributed by atoms with Gasteiger partial charge in [0, 0.05) is 30.4 Å². The van der Waals surface area contributed by atoms with E-state index in [1.54, 1.807) is 0 Å². The van der Waals surface area contributed by atoms with E-state index in [0.717, 1.165) is 40.7 Å². The number of anilines is 3. The van der Waals surface area contributed by atoms with Crippen LogP contribution in [0.3, 0.4) is 0 Å². The van der Waals surface area contributed by atoms with Gasteiger partial charge in [-0.25, -0.2) is 0 Å². The van der Waals surface area contributed by atoms with E-state index in [2.05, 4.69) is 47.5 Å². The predicted octanol–water partition coefficient (Wildman–Crippen LogP) is 5.03. The van der Waals surface area contributed by atoms with E-state index in [9.17, 15) is 0 Å². The van der Waals surface area contributed by atoms with E-state index in [-0.39, 0.29) is 21.1 Å². The SMILES string of the molecule is [Pt+2].[c-]1ccccc1-n1ccc(N2c3ccccc3Cc3cn(-c4[c-]cccc4)nc32)n1. The zero-order valence-electron chi connectivity index (χ0n) is 16.4. The van der Waals surface area contributed by atoms with Gasteiger partial charge in [0.15, 0.2) is 11.6 Å². The Morgan fingerprint density at radius 1 is 0.710 bits per heavy atom. The van der Waals surface area contributed by atoms with E-state index >= 15 is 0 Å². The van der Waals surface area contributed by atoms with E-state index in [4.69, 9.17) is 10.2 Å². The monoisotopic (exact) mass is 582 g/mol. The molecular weight excluding hydrogens is 565 g/mol. The van der Waals surface area contributed by atoms with Gasteiger partial charge < -0.3 is 0 Å². The summed E-state index contributed by atoms with van der Waals surface area (Å²) in [5.74, 6) is 1.72. The van der Waals surface area contributed by atoms with Gasteiger partial charge in [-0.05, 0) is 23.0 Å². The Morgan fingerprint density at radius 3 is 2.16 bits per heavy atom. The molecule has 0 unspecified atom stereocenters. The average Bonchev–Trinajstić information content (AvgIpc) is 3.46. The summed E-state index contributed by atoms with van der Waals surface area (Å²) >= 11 is 0. The normalized spacial score (nSPS) is 12.1. The fourth-order valence-electron chi connectivity index (χ4n) is 3.89. The van der Waals surface area contributed by atoms with Gasteiger partial charge in [-0.1, -0.05) is 18.2 Å². The van der Waals surface area contributed by atoms with Gasteiger partial charge in [-0.15, -0.1) is 12.1 Å². The van der Waals surface area contributed by atoms with Crippen molar-refractivity contribution in [2.75, 3.05) is 4.90 Å². The first-order chi connectivity index (χ1) is 14.9. The summed E-state index contributed by atoms with van der Waals surface area (Å²) in [5, 5.41) is 9.75. The van der Waals surface area contributed by atoms with Crippen LogP contribution in [-0.2, 0) is 27.5 Å². The second kappa shape index (κ2) is 8.01. The van der Waals surface area contributed by atoms with Crippen molar-refractivity contribution in [2.45, 2.75) is 6.42 Å². The fourth-order valence-corrected chi connectivity index (χ4v) is 3.89. The van der Waals surface area contributed by atoms with Crippen molar-refractivity contribution in [1.82, 2.24) is 19.6 Å². The van der Waals surface area contributed by atoms with Crippen molar-refractivity contribution in [2.24, 2.45) is 0 Å². The fraction of sp³-hybridized carbons (Fsp3) is 0.0400. The third-order valence-electron chi connectivity index (χ3n) is 5.28. The second-order valence-electron chi connectivity index (χ2n) is 7.18. The number of nitrogens with zero attached hydrogens (tertiary/aromatic N) is 5. The van der Waals surface area contributed by atoms with Crippen molar-refractivity contribution in [1.29, 1.82) is 0 Å². The summed E-state index contributed by atoms with van der Waals surface area (Å²) in [7, 11) is 0. The maximum atomic E-state index is 4.91. The largest absolute Gasteiger partial charge is 2.00 e. The molecule has 6 heteroatoms. The van der Waals surface area contributed by atoms with Gasteiger partial charge in [0.25, 0.3) is 0 Å². The zero-order valence-corrected chi connectivity index (χ0v) is 18.7. The maximum absolute atomic E-state index is 4.91. The number of fused-ring (bicyclic) bond motifs is 2. The molecule has 5 aromatic rings. The minimum Gasteiger partial charge on any atom is -0.276 e. The summed E-state index contributed by atoms with van der Waals surface area (Å²) in [6.45, 7) is 0. The van der Waals surface area contributed by atoms with Crippen LogP contribution in [0.25, 0.3) is 11.4 Å². The molecule has 0 aliphatic carbocycles. The molecule has 0 fully saturated rings. The topological polar surface area (TPSA) is 38.9 Å². The van der Waals surface area contributed by atoms with Gasteiger partial charge in [-0.2, -0.15) is 58.7 Å². The molecule has 152 valence electrons. The Labute approximate surface area is 194 Å². The molecule has 0 N–H and O–H groups in total. The molecule has 0 amide bonds. The van der Waals surface area contributed by atoms with E-state index in [1.807, 2.05) is 70.2 Å². The van der Waals surface area contributed by atoms with Gasteiger partial charge in [-0.3, -0.25) is 14.3 Å². The van der Waals surface area contributed by atoms with Crippen LogP contribution in [0.1, 0.15) is 11.1 Å². The summed E-state index contributed by atoms with van der Waals surface area (Å²) in [6.07, 6.45) is 4.88. The number of aromatic nitrogens is 4. The third-order valence-corrected chi connectivity index (χ3v) is 5.28. The number of hydrogen-bond acceptors (Lipinski definition) is 3. The molecule has 6 rings (SSSR count). The molecule has 31 heavy (non-hydrogen) atoms. The minimum atomic E-state index is 0. The third kappa shape index (κ3) is 3.41. The van der Waals surface area contributed by atoms with E-state index in [0.29, 0.717) is 0 Å². The smallest absolute Gasteiger partial charge is 0.276 e. The molecule has 1 aliphatic heterocycles. The van der Waals surface area contributed by atoms with Crippen LogP contribution in [0.2, 0.25) is 0 Å². The number of hydrogen-bond donors (Lipinski definition) is 0. The second-order valence-corrected chi connectivity index (χ2v) is 7.18. The van der Waals surface area contributed by atoms with Gasteiger partial charge in [0.1, 0.15) is 0 Å². The molecule has 0 saturated heterocycles. The molecule has 0 bridgehead atoms. The van der Waals surface area contributed by atoms with Crippen LogP contribution >= 0.6 is 0 Å². The molecule has 3 aromatic carbocycles. The van der Waals surface area contributed by atoms with Crippen LogP contribution < -0.4 is 4.90 Å². The Kier molecular flexibility index (Phi) is 5.04. The van der Waals surface area contributed by atoms with Crippen LogP contribution in [0.15, 0.2) is 91.3 Å². The molecule has 0 saturated carbocycles. The first-order valence-corrected chi connectivity index (χ1v) is 9.83. The molecule has 3 heterocycles. The standard InChI is InChI=1S/C25H17N5.Pt/c1-3-10-21(11-4-1)28-16-15-24(26-28)30-23-14-8-7-9-19(23)17-20-18-29(27-25(20)30)22-12-5-2-6-13-22;/h1-10,12,14-16,18H,17H2;/q-2;+2. The molecular formula is C25H17N5Pt. The maximum Gasteiger partial charge on any atom is 2.00 e. The van der Waals surface area contributed by atoms with Crippen LogP contribution in [0.5, 0.6) is 0 Å². The molecule has 2 aromatic heterocycles. The van der Waals surface area contributed by atoms with Crippen LogP contribution in [0.4, 0.5) is 17.3 Å². The average molecular weight is 583 g/mol. The Morgan fingerprint density at radius 2 is 1.42 bits per heavy atom. The van der Waals surface area contributed by atoms with E-state index in [1.165, 1.54) is 5.56 Å².